The number of nitrogens with one attached hydrogen (secondary N) is 1. The number of nitrogens with zero attached hydrogens (tertiary/aromatic N) is 1. The summed E-state index contributed by atoms with van der Waals surface area (Å²) in [7, 11) is 0. The molecule has 1 rings (SSSR count). The van der Waals surface area contributed by atoms with Gasteiger partial charge in [0.25, 0.3) is 0 Å². The highest BCUT2D eigenvalue weighted by Crippen LogP contribution is 2.25. The zero-order valence-electron chi connectivity index (χ0n) is 11.9. The molecule has 17 heavy (non-hydrogen) atoms. The van der Waals surface area contributed by atoms with Gasteiger partial charge < -0.3 is 10.2 Å². The van der Waals surface area contributed by atoms with Crippen molar-refractivity contribution in [2.45, 2.75) is 40.0 Å². The van der Waals surface area contributed by atoms with Crippen molar-refractivity contribution in [3.63, 3.8) is 0 Å². The average Bonchev–Trinajstić information content (AvgIpc) is 2.55. The molecule has 0 aromatic carbocycles. The van der Waals surface area contributed by atoms with Gasteiger partial charge in [0.2, 0.25) is 0 Å². The van der Waals surface area contributed by atoms with E-state index >= 15 is 0 Å². The highest BCUT2D eigenvalue weighted by Gasteiger charge is 2.26. The standard InChI is InChI=1S/C14H30N2S/c1-4-7-14(3,12-15-5-2)13-16-8-6-10-17-11-9-16/h15H,4-13H2,1-3H3. The molecule has 0 saturated carbocycles. The van der Waals surface area contributed by atoms with Crippen LogP contribution >= 0.6 is 11.8 Å². The van der Waals surface area contributed by atoms with E-state index in [4.69, 9.17) is 0 Å². The van der Waals surface area contributed by atoms with Crippen molar-refractivity contribution in [2.75, 3.05) is 44.2 Å². The molecule has 1 heterocycles. The maximum Gasteiger partial charge on any atom is 0.00726 e. The molecular weight excluding hydrogens is 228 g/mol. The molecule has 1 N–H and O–H groups in total. The first kappa shape index (κ1) is 15.3. The fourth-order valence-electron chi connectivity index (χ4n) is 2.75. The number of rotatable bonds is 7. The quantitative estimate of drug-likeness (QED) is 0.756. The third kappa shape index (κ3) is 6.12. The monoisotopic (exact) mass is 258 g/mol. The topological polar surface area (TPSA) is 15.3 Å². The van der Waals surface area contributed by atoms with Crippen molar-refractivity contribution >= 4 is 11.8 Å². The highest BCUT2D eigenvalue weighted by molar-refractivity contribution is 7.99. The van der Waals surface area contributed by atoms with Crippen LogP contribution in [0.1, 0.15) is 40.0 Å². The molecule has 0 spiro atoms. The number of hydrogen-bond donors (Lipinski definition) is 1. The molecule has 0 bridgehead atoms. The smallest absolute Gasteiger partial charge is 0.00726 e. The Kier molecular flexibility index (Phi) is 7.56. The third-order valence-electron chi connectivity index (χ3n) is 3.58. The second-order valence-corrected chi connectivity index (χ2v) is 6.81. The molecule has 1 aliphatic rings. The molecule has 1 atom stereocenters. The molecule has 0 aliphatic carbocycles. The Morgan fingerprint density at radius 1 is 1.24 bits per heavy atom. The summed E-state index contributed by atoms with van der Waals surface area (Å²) >= 11 is 2.12. The van der Waals surface area contributed by atoms with Gasteiger partial charge in [-0.1, -0.05) is 27.2 Å². The van der Waals surface area contributed by atoms with Gasteiger partial charge in [0.05, 0.1) is 0 Å². The second kappa shape index (κ2) is 8.39. The number of hydrogen-bond acceptors (Lipinski definition) is 3. The fourth-order valence-corrected chi connectivity index (χ4v) is 3.67. The van der Waals surface area contributed by atoms with Gasteiger partial charge >= 0.3 is 0 Å². The van der Waals surface area contributed by atoms with E-state index in [1.54, 1.807) is 0 Å². The van der Waals surface area contributed by atoms with E-state index in [-0.39, 0.29) is 0 Å². The Labute approximate surface area is 112 Å². The van der Waals surface area contributed by atoms with Gasteiger partial charge in [-0.2, -0.15) is 11.8 Å². The lowest BCUT2D eigenvalue weighted by Gasteiger charge is -2.35. The van der Waals surface area contributed by atoms with Crippen LogP contribution in [0.2, 0.25) is 0 Å². The van der Waals surface area contributed by atoms with Gasteiger partial charge in [-0.25, -0.2) is 0 Å². The summed E-state index contributed by atoms with van der Waals surface area (Å²) in [4.78, 5) is 2.69. The summed E-state index contributed by atoms with van der Waals surface area (Å²) in [6.07, 6.45) is 4.00. The highest BCUT2D eigenvalue weighted by atomic mass is 32.2. The van der Waals surface area contributed by atoms with Crippen LogP contribution in [0, 0.1) is 5.41 Å². The summed E-state index contributed by atoms with van der Waals surface area (Å²) in [6.45, 7) is 13.1. The lowest BCUT2D eigenvalue weighted by Crippen LogP contribution is -2.43. The van der Waals surface area contributed by atoms with Gasteiger partial charge in [0.1, 0.15) is 0 Å². The Morgan fingerprint density at radius 2 is 2.06 bits per heavy atom. The molecule has 0 aromatic rings. The van der Waals surface area contributed by atoms with E-state index in [1.165, 1.54) is 56.9 Å². The lowest BCUT2D eigenvalue weighted by molar-refractivity contribution is 0.158. The van der Waals surface area contributed by atoms with Gasteiger partial charge in [0.15, 0.2) is 0 Å². The van der Waals surface area contributed by atoms with Crippen LogP contribution in [0.25, 0.3) is 0 Å². The minimum absolute atomic E-state index is 0.458. The number of thioether (sulfide) groups is 1. The summed E-state index contributed by atoms with van der Waals surface area (Å²) in [5.74, 6) is 2.68. The largest absolute Gasteiger partial charge is 0.316 e. The van der Waals surface area contributed by atoms with Crippen LogP contribution in [0.3, 0.4) is 0 Å². The normalized spacial score (nSPS) is 22.1. The molecule has 3 heteroatoms. The van der Waals surface area contributed by atoms with E-state index in [9.17, 15) is 0 Å². The molecule has 2 nitrogen and oxygen atoms in total. The molecule has 0 aromatic heterocycles. The average molecular weight is 258 g/mol. The van der Waals surface area contributed by atoms with Crippen molar-refractivity contribution in [2.24, 2.45) is 5.41 Å². The van der Waals surface area contributed by atoms with Gasteiger partial charge in [0, 0.05) is 25.4 Å². The second-order valence-electron chi connectivity index (χ2n) is 5.58. The molecule has 0 radical (unpaired) electrons. The summed E-state index contributed by atoms with van der Waals surface area (Å²) in [6, 6.07) is 0. The van der Waals surface area contributed by atoms with Crippen LogP contribution in [0.15, 0.2) is 0 Å². The minimum atomic E-state index is 0.458. The first-order valence-corrected chi connectivity index (χ1v) is 8.36. The zero-order valence-corrected chi connectivity index (χ0v) is 12.7. The lowest BCUT2D eigenvalue weighted by atomic mass is 9.84. The fraction of sp³-hybridized carbons (Fsp3) is 1.00. The predicted octanol–water partition coefficient (Wildman–Crippen LogP) is 2.84. The van der Waals surface area contributed by atoms with Crippen LogP contribution < -0.4 is 5.32 Å². The molecule has 1 aliphatic heterocycles. The van der Waals surface area contributed by atoms with Crippen molar-refractivity contribution in [3.05, 3.63) is 0 Å². The van der Waals surface area contributed by atoms with Gasteiger partial charge in [-0.3, -0.25) is 0 Å². The Bertz CT molecular complexity index is 191. The van der Waals surface area contributed by atoms with Crippen LogP contribution in [0.4, 0.5) is 0 Å². The molecule has 1 fully saturated rings. The maximum atomic E-state index is 3.55. The molecule has 0 amide bonds. The summed E-state index contributed by atoms with van der Waals surface area (Å²) in [5, 5.41) is 3.55. The molecule has 1 unspecified atom stereocenters. The molecule has 102 valence electrons. The van der Waals surface area contributed by atoms with Crippen LogP contribution in [-0.4, -0.2) is 49.1 Å². The van der Waals surface area contributed by atoms with Crippen LogP contribution in [0.5, 0.6) is 0 Å². The Morgan fingerprint density at radius 3 is 2.76 bits per heavy atom. The third-order valence-corrected chi connectivity index (χ3v) is 4.62. The Balaban J connectivity index is 2.44. The van der Waals surface area contributed by atoms with Crippen molar-refractivity contribution in [3.8, 4) is 0 Å². The van der Waals surface area contributed by atoms with Crippen LogP contribution in [-0.2, 0) is 0 Å². The van der Waals surface area contributed by atoms with Gasteiger partial charge in [-0.15, -0.1) is 0 Å². The Hall–Kier alpha value is 0.270. The predicted molar refractivity (Wildman–Crippen MR) is 79.9 cm³/mol. The summed E-state index contributed by atoms with van der Waals surface area (Å²) in [5.41, 5.74) is 0.458. The van der Waals surface area contributed by atoms with E-state index in [0.717, 1.165) is 6.54 Å². The first-order chi connectivity index (χ1) is 8.20. The first-order valence-electron chi connectivity index (χ1n) is 7.21. The molecular formula is C14H30N2S. The zero-order chi connectivity index (χ0) is 12.6. The SMILES string of the molecule is CCCC(C)(CNCC)CN1CCCSCC1. The van der Waals surface area contributed by atoms with E-state index in [0.29, 0.717) is 5.41 Å². The maximum absolute atomic E-state index is 3.55. The molecule has 1 saturated heterocycles. The minimum Gasteiger partial charge on any atom is -0.316 e. The van der Waals surface area contributed by atoms with Crippen molar-refractivity contribution < 1.29 is 0 Å². The summed E-state index contributed by atoms with van der Waals surface area (Å²) < 4.78 is 0. The van der Waals surface area contributed by atoms with E-state index in [1.807, 2.05) is 0 Å². The van der Waals surface area contributed by atoms with Crippen molar-refractivity contribution in [1.29, 1.82) is 0 Å². The van der Waals surface area contributed by atoms with E-state index in [2.05, 4.69) is 42.7 Å². The van der Waals surface area contributed by atoms with Gasteiger partial charge in [-0.05, 0) is 37.1 Å². The van der Waals surface area contributed by atoms with E-state index < -0.39 is 0 Å². The van der Waals surface area contributed by atoms with Crippen molar-refractivity contribution in [1.82, 2.24) is 10.2 Å².